The van der Waals surface area contributed by atoms with Gasteiger partial charge in [-0.1, -0.05) is 0 Å². The Morgan fingerprint density at radius 1 is 1.80 bits per heavy atom. The maximum Gasteiger partial charge on any atom is 0.221 e. The van der Waals surface area contributed by atoms with Crippen molar-refractivity contribution in [1.29, 1.82) is 0 Å². The van der Waals surface area contributed by atoms with E-state index in [4.69, 9.17) is 0 Å². The number of amides is 1. The zero-order valence-corrected chi connectivity index (χ0v) is 8.32. The molecule has 10 heavy (non-hydrogen) atoms. The van der Waals surface area contributed by atoms with E-state index in [1.165, 1.54) is 6.92 Å². The Morgan fingerprint density at radius 2 is 2.50 bits per heavy atom. The van der Waals surface area contributed by atoms with Crippen molar-refractivity contribution >= 4 is 45.5 Å². The van der Waals surface area contributed by atoms with Gasteiger partial charge in [-0.25, -0.2) is 0 Å². The molecule has 1 rings (SSSR count). The highest BCUT2D eigenvalue weighted by molar-refractivity contribution is 14.1. The highest BCUT2D eigenvalue weighted by Gasteiger charge is 2.00. The maximum absolute atomic E-state index is 10.6. The summed E-state index contributed by atoms with van der Waals surface area (Å²) in [5, 5.41) is 4.67. The van der Waals surface area contributed by atoms with Gasteiger partial charge in [-0.3, -0.25) is 4.79 Å². The molecule has 2 nitrogen and oxygen atoms in total. The fraction of sp³-hybridized carbons (Fsp3) is 0.167. The lowest BCUT2D eigenvalue weighted by molar-refractivity contribution is -0.114. The minimum absolute atomic E-state index is 0.0173. The Hall–Kier alpha value is -0.100. The average Bonchev–Trinajstić information content (AvgIpc) is 2.15. The van der Waals surface area contributed by atoms with Gasteiger partial charge in [0.2, 0.25) is 5.91 Å². The van der Waals surface area contributed by atoms with Crippen molar-refractivity contribution in [1.82, 2.24) is 0 Å². The lowest BCUT2D eigenvalue weighted by Crippen LogP contribution is -2.05. The molecule has 0 aliphatic carbocycles. The molecule has 0 aliphatic rings. The molecule has 0 bridgehead atoms. The van der Waals surface area contributed by atoms with Crippen molar-refractivity contribution in [2.75, 3.05) is 5.32 Å². The molecule has 0 aromatic carbocycles. The van der Waals surface area contributed by atoms with E-state index in [0.717, 1.165) is 8.57 Å². The summed E-state index contributed by atoms with van der Waals surface area (Å²) in [5.74, 6) is -0.0173. The summed E-state index contributed by atoms with van der Waals surface area (Å²) in [6, 6.07) is 1.90. The Labute approximate surface area is 76.8 Å². The molecule has 0 radical (unpaired) electrons. The van der Waals surface area contributed by atoms with Crippen LogP contribution < -0.4 is 5.32 Å². The topological polar surface area (TPSA) is 29.1 Å². The summed E-state index contributed by atoms with van der Waals surface area (Å²) in [4.78, 5) is 10.6. The standard InChI is InChI=1S/C6H6INOS/c1-4(9)8-5-2-3-10-6(5)7/h2-3H,1H3,(H,8,9). The molecule has 1 aromatic rings. The van der Waals surface area contributed by atoms with Crippen LogP contribution in [0.5, 0.6) is 0 Å². The first-order chi connectivity index (χ1) is 4.70. The monoisotopic (exact) mass is 267 g/mol. The molecule has 0 saturated heterocycles. The van der Waals surface area contributed by atoms with E-state index in [1.807, 2.05) is 11.4 Å². The molecule has 4 heteroatoms. The summed E-state index contributed by atoms with van der Waals surface area (Å²) in [5.41, 5.74) is 0.915. The minimum atomic E-state index is -0.0173. The molecule has 0 atom stereocenters. The van der Waals surface area contributed by atoms with Gasteiger partial charge >= 0.3 is 0 Å². The number of hydrogen-bond donors (Lipinski definition) is 1. The van der Waals surface area contributed by atoms with Crippen LogP contribution in [0, 0.1) is 2.88 Å². The van der Waals surface area contributed by atoms with E-state index in [2.05, 4.69) is 27.9 Å². The van der Waals surface area contributed by atoms with Crippen LogP contribution in [-0.2, 0) is 4.79 Å². The second-order valence-electron chi connectivity index (χ2n) is 1.79. The smallest absolute Gasteiger partial charge is 0.221 e. The molecule has 1 heterocycles. The van der Waals surface area contributed by atoms with E-state index in [-0.39, 0.29) is 5.91 Å². The molecule has 0 fully saturated rings. The first-order valence-electron chi connectivity index (χ1n) is 2.70. The Morgan fingerprint density at radius 3 is 2.90 bits per heavy atom. The van der Waals surface area contributed by atoms with E-state index >= 15 is 0 Å². The highest BCUT2D eigenvalue weighted by Crippen LogP contribution is 2.23. The lowest BCUT2D eigenvalue weighted by atomic mass is 10.5. The molecular weight excluding hydrogens is 261 g/mol. The fourth-order valence-electron chi connectivity index (χ4n) is 0.571. The number of rotatable bonds is 1. The Balaban J connectivity index is 2.74. The molecule has 54 valence electrons. The first kappa shape index (κ1) is 8.00. The fourth-order valence-corrected chi connectivity index (χ4v) is 1.90. The molecule has 0 spiro atoms. The predicted octanol–water partition coefficient (Wildman–Crippen LogP) is 2.31. The van der Waals surface area contributed by atoms with Gasteiger partial charge in [-0.2, -0.15) is 0 Å². The van der Waals surface area contributed by atoms with Crippen molar-refractivity contribution in [3.05, 3.63) is 14.3 Å². The second-order valence-corrected chi connectivity index (χ2v) is 4.52. The van der Waals surface area contributed by atoms with Crippen molar-refractivity contribution in [2.24, 2.45) is 0 Å². The number of carbonyl (C=O) groups is 1. The van der Waals surface area contributed by atoms with Crippen LogP contribution in [0.25, 0.3) is 0 Å². The van der Waals surface area contributed by atoms with E-state index in [0.29, 0.717) is 0 Å². The molecule has 1 N–H and O–H groups in total. The second kappa shape index (κ2) is 3.34. The number of thiophene rings is 1. The molecule has 1 amide bonds. The Bertz CT molecular complexity index is 246. The molecule has 1 aromatic heterocycles. The zero-order valence-electron chi connectivity index (χ0n) is 5.35. The van der Waals surface area contributed by atoms with Crippen LogP contribution in [0.1, 0.15) is 6.92 Å². The van der Waals surface area contributed by atoms with Crippen LogP contribution in [0.4, 0.5) is 5.69 Å². The van der Waals surface area contributed by atoms with Crippen molar-refractivity contribution in [3.63, 3.8) is 0 Å². The van der Waals surface area contributed by atoms with Gasteiger partial charge < -0.3 is 5.32 Å². The van der Waals surface area contributed by atoms with Gasteiger partial charge in [-0.15, -0.1) is 11.3 Å². The van der Waals surface area contributed by atoms with Gasteiger partial charge in [0.1, 0.15) is 0 Å². The summed E-state index contributed by atoms with van der Waals surface area (Å²) in [6.45, 7) is 1.51. The van der Waals surface area contributed by atoms with Gasteiger partial charge in [0, 0.05) is 6.92 Å². The van der Waals surface area contributed by atoms with Gasteiger partial charge in [-0.05, 0) is 34.0 Å². The largest absolute Gasteiger partial charge is 0.325 e. The van der Waals surface area contributed by atoms with Crippen molar-refractivity contribution < 1.29 is 4.79 Å². The van der Waals surface area contributed by atoms with E-state index in [1.54, 1.807) is 11.3 Å². The van der Waals surface area contributed by atoms with Gasteiger partial charge in [0.25, 0.3) is 0 Å². The quantitative estimate of drug-likeness (QED) is 0.777. The SMILES string of the molecule is CC(=O)Nc1ccsc1I. The van der Waals surface area contributed by atoms with Crippen LogP contribution in [0.15, 0.2) is 11.4 Å². The minimum Gasteiger partial charge on any atom is -0.325 e. The van der Waals surface area contributed by atoms with Crippen LogP contribution in [0.2, 0.25) is 0 Å². The zero-order chi connectivity index (χ0) is 7.56. The maximum atomic E-state index is 10.6. The Kier molecular flexibility index (Phi) is 2.67. The van der Waals surface area contributed by atoms with Crippen LogP contribution >= 0.6 is 33.9 Å². The number of anilines is 1. The average molecular weight is 267 g/mol. The third-order valence-corrected chi connectivity index (χ3v) is 2.97. The van der Waals surface area contributed by atoms with Crippen molar-refractivity contribution in [3.8, 4) is 0 Å². The molecular formula is C6H6INOS. The third-order valence-electron chi connectivity index (χ3n) is 0.929. The van der Waals surface area contributed by atoms with Gasteiger partial charge in [0.05, 0.1) is 8.57 Å². The molecule has 0 saturated carbocycles. The summed E-state index contributed by atoms with van der Waals surface area (Å²) in [6.07, 6.45) is 0. The summed E-state index contributed by atoms with van der Waals surface area (Å²) < 4.78 is 1.12. The molecule has 0 aliphatic heterocycles. The normalized spacial score (nSPS) is 9.40. The van der Waals surface area contributed by atoms with E-state index in [9.17, 15) is 4.79 Å². The highest BCUT2D eigenvalue weighted by atomic mass is 127. The number of halogens is 1. The molecule has 0 unspecified atom stereocenters. The van der Waals surface area contributed by atoms with Crippen LogP contribution in [-0.4, -0.2) is 5.91 Å². The third kappa shape index (κ3) is 1.95. The van der Waals surface area contributed by atoms with Crippen LogP contribution in [0.3, 0.4) is 0 Å². The summed E-state index contributed by atoms with van der Waals surface area (Å²) >= 11 is 3.81. The van der Waals surface area contributed by atoms with E-state index < -0.39 is 0 Å². The predicted molar refractivity (Wildman–Crippen MR) is 51.3 cm³/mol. The first-order valence-corrected chi connectivity index (χ1v) is 4.66. The number of hydrogen-bond acceptors (Lipinski definition) is 2. The summed E-state index contributed by atoms with van der Waals surface area (Å²) in [7, 11) is 0. The van der Waals surface area contributed by atoms with Crippen molar-refractivity contribution in [2.45, 2.75) is 6.92 Å². The lowest BCUT2D eigenvalue weighted by Gasteiger charge is -1.96. The van der Waals surface area contributed by atoms with Gasteiger partial charge in [0.15, 0.2) is 0 Å². The number of nitrogens with one attached hydrogen (secondary N) is 1. The number of carbonyl (C=O) groups excluding carboxylic acids is 1.